The van der Waals surface area contributed by atoms with E-state index in [-0.39, 0.29) is 13.2 Å². The van der Waals surface area contributed by atoms with E-state index < -0.39 is 44.1 Å². The molecule has 4 amide bonds. The third-order valence-electron chi connectivity index (χ3n) is 9.89. The molecule has 248 valence electrons. The van der Waals surface area contributed by atoms with Crippen molar-refractivity contribution in [2.75, 3.05) is 19.8 Å². The van der Waals surface area contributed by atoms with Crippen molar-refractivity contribution >= 4 is 32.1 Å². The fourth-order valence-electron chi connectivity index (χ4n) is 7.61. The number of hydrogen-bond donors (Lipinski definition) is 0. The predicted octanol–water partition coefficient (Wildman–Crippen LogP) is 7.39. The second-order valence-corrected chi connectivity index (χ2v) is 19.1. The van der Waals surface area contributed by atoms with E-state index in [0.29, 0.717) is 46.3 Å². The molecule has 0 N–H and O–H groups in total. The maximum Gasteiger partial charge on any atom is 0.417 e. The van der Waals surface area contributed by atoms with Crippen LogP contribution in [0, 0.1) is 0 Å². The van der Waals surface area contributed by atoms with Gasteiger partial charge in [-0.05, 0) is 58.3 Å². The molecule has 0 unspecified atom stereocenters. The van der Waals surface area contributed by atoms with Crippen LogP contribution in [0.25, 0.3) is 0 Å². The van der Waals surface area contributed by atoms with Crippen LogP contribution in [-0.4, -0.2) is 67.7 Å². The molecule has 9 heteroatoms. The van der Waals surface area contributed by atoms with Crippen molar-refractivity contribution in [1.82, 2.24) is 9.80 Å². The van der Waals surface area contributed by atoms with Gasteiger partial charge < -0.3 is 9.16 Å². The van der Waals surface area contributed by atoms with Crippen LogP contribution < -0.4 is 0 Å². The van der Waals surface area contributed by atoms with Crippen molar-refractivity contribution in [3.8, 4) is 0 Å². The van der Waals surface area contributed by atoms with Gasteiger partial charge in [-0.1, -0.05) is 108 Å². The van der Waals surface area contributed by atoms with Gasteiger partial charge in [-0.15, -0.1) is 0 Å². The Balaban J connectivity index is 1.40. The van der Waals surface area contributed by atoms with Gasteiger partial charge in [0.25, 0.3) is 11.8 Å². The molecule has 1 saturated heterocycles. The summed E-state index contributed by atoms with van der Waals surface area (Å²) in [5.41, 5.74) is 4.73. The molecule has 3 aromatic rings. The maximum atomic E-state index is 14.4. The zero-order chi connectivity index (χ0) is 33.9. The van der Waals surface area contributed by atoms with E-state index in [1.54, 1.807) is 24.3 Å². The van der Waals surface area contributed by atoms with Gasteiger partial charge in [0, 0.05) is 13.2 Å². The van der Waals surface area contributed by atoms with Crippen molar-refractivity contribution < 1.29 is 28.3 Å². The molecule has 3 aromatic carbocycles. The van der Waals surface area contributed by atoms with Gasteiger partial charge in [0.2, 0.25) is 5.91 Å². The lowest BCUT2D eigenvalue weighted by atomic mass is 9.94. The molecule has 0 bridgehead atoms. The zero-order valence-corrected chi connectivity index (χ0v) is 29.3. The number of cyclic esters (lactones) is 1. The number of rotatable bonds is 13. The second-order valence-electron chi connectivity index (χ2n) is 13.6. The van der Waals surface area contributed by atoms with Gasteiger partial charge in [-0.3, -0.25) is 19.3 Å². The molecule has 0 spiro atoms. The van der Waals surface area contributed by atoms with Crippen LogP contribution in [0.4, 0.5) is 4.79 Å². The van der Waals surface area contributed by atoms with Crippen LogP contribution in [-0.2, 0) is 26.8 Å². The number of ether oxygens (including phenoxy) is 1. The highest BCUT2D eigenvalue weighted by molar-refractivity contribution is 6.77. The summed E-state index contributed by atoms with van der Waals surface area (Å²) in [7, 11) is -2.01. The minimum absolute atomic E-state index is 0.0755. The molecular weight excluding hydrogens is 609 g/mol. The first-order chi connectivity index (χ1) is 22.5. The molecule has 2 aliphatic rings. The second kappa shape index (κ2) is 14.4. The van der Waals surface area contributed by atoms with Crippen molar-refractivity contribution in [2.45, 2.75) is 83.0 Å². The Hall–Kier alpha value is -4.08. The first-order valence-electron chi connectivity index (χ1n) is 16.7. The SMILES string of the molecule is CC(C)[Si](OCCc1ccc([C@H](CN2C(=O)c3ccccc3C2=O)C(=O)N2C(=O)OC[C@H]2Cc2ccccc2)cc1)(C(C)C)C(C)C. The third kappa shape index (κ3) is 6.83. The normalized spacial score (nSPS) is 17.2. The van der Waals surface area contributed by atoms with E-state index >= 15 is 0 Å². The Morgan fingerprint density at radius 1 is 0.787 bits per heavy atom. The van der Waals surface area contributed by atoms with Crippen molar-refractivity contribution in [2.24, 2.45) is 0 Å². The molecule has 2 atom stereocenters. The molecular formula is C38H46N2O6Si. The molecule has 5 rings (SSSR count). The van der Waals surface area contributed by atoms with Crippen LogP contribution >= 0.6 is 0 Å². The fraction of sp³-hybridized carbons (Fsp3) is 0.421. The number of hydrogen-bond acceptors (Lipinski definition) is 6. The van der Waals surface area contributed by atoms with E-state index in [4.69, 9.17) is 9.16 Å². The molecule has 47 heavy (non-hydrogen) atoms. The average molecular weight is 655 g/mol. The Bertz CT molecular complexity index is 1550. The average Bonchev–Trinajstić information content (AvgIpc) is 3.53. The van der Waals surface area contributed by atoms with Crippen LogP contribution in [0.5, 0.6) is 0 Å². The molecule has 0 saturated carbocycles. The summed E-state index contributed by atoms with van der Waals surface area (Å²) in [4.78, 5) is 56.4. The quantitative estimate of drug-likeness (QED) is 0.141. The summed E-state index contributed by atoms with van der Waals surface area (Å²) < 4.78 is 12.1. The lowest BCUT2D eigenvalue weighted by molar-refractivity contribution is -0.130. The van der Waals surface area contributed by atoms with Crippen molar-refractivity contribution in [3.05, 3.63) is 107 Å². The van der Waals surface area contributed by atoms with Crippen LogP contribution in [0.3, 0.4) is 0 Å². The highest BCUT2D eigenvalue weighted by Crippen LogP contribution is 2.42. The van der Waals surface area contributed by atoms with Crippen LogP contribution in [0.1, 0.15) is 84.9 Å². The van der Waals surface area contributed by atoms with E-state index in [1.165, 1.54) is 4.90 Å². The lowest BCUT2D eigenvalue weighted by Crippen LogP contribution is -2.48. The van der Waals surface area contributed by atoms with Gasteiger partial charge in [0.1, 0.15) is 6.61 Å². The van der Waals surface area contributed by atoms with Crippen molar-refractivity contribution in [3.63, 3.8) is 0 Å². The number of carbonyl (C=O) groups is 4. The summed E-state index contributed by atoms with van der Waals surface area (Å²) >= 11 is 0. The smallest absolute Gasteiger partial charge is 0.417 e. The van der Waals surface area contributed by atoms with E-state index in [0.717, 1.165) is 22.4 Å². The molecule has 0 radical (unpaired) electrons. The highest BCUT2D eigenvalue weighted by Gasteiger charge is 2.46. The first kappa shape index (κ1) is 34.3. The van der Waals surface area contributed by atoms with E-state index in [2.05, 4.69) is 41.5 Å². The van der Waals surface area contributed by atoms with Gasteiger partial charge >= 0.3 is 6.09 Å². The number of imide groups is 2. The molecule has 2 heterocycles. The molecule has 1 fully saturated rings. The summed E-state index contributed by atoms with van der Waals surface area (Å²) in [5, 5.41) is 0. The minimum Gasteiger partial charge on any atom is -0.447 e. The van der Waals surface area contributed by atoms with E-state index in [9.17, 15) is 19.2 Å². The number of benzene rings is 3. The van der Waals surface area contributed by atoms with Gasteiger partial charge in [0.15, 0.2) is 8.32 Å². The van der Waals surface area contributed by atoms with Gasteiger partial charge in [-0.25, -0.2) is 9.69 Å². The van der Waals surface area contributed by atoms with Crippen LogP contribution in [0.15, 0.2) is 78.9 Å². The monoisotopic (exact) mass is 654 g/mol. The minimum atomic E-state index is -2.01. The summed E-state index contributed by atoms with van der Waals surface area (Å²) in [6.07, 6.45) is 0.436. The zero-order valence-electron chi connectivity index (χ0n) is 28.3. The summed E-state index contributed by atoms with van der Waals surface area (Å²) in [6, 6.07) is 23.4. The predicted molar refractivity (Wildman–Crippen MR) is 184 cm³/mol. The summed E-state index contributed by atoms with van der Waals surface area (Å²) in [6.45, 7) is 14.1. The molecule has 8 nitrogen and oxygen atoms in total. The summed E-state index contributed by atoms with van der Waals surface area (Å²) in [5.74, 6) is -2.36. The van der Waals surface area contributed by atoms with Crippen LogP contribution in [0.2, 0.25) is 16.6 Å². The number of nitrogens with zero attached hydrogens (tertiary/aromatic N) is 2. The van der Waals surface area contributed by atoms with Gasteiger partial charge in [0.05, 0.1) is 23.1 Å². The topological polar surface area (TPSA) is 93.2 Å². The molecule has 2 aliphatic heterocycles. The fourth-order valence-corrected chi connectivity index (χ4v) is 13.1. The maximum absolute atomic E-state index is 14.4. The lowest BCUT2D eigenvalue weighted by Gasteiger charge is -2.42. The van der Waals surface area contributed by atoms with E-state index in [1.807, 2.05) is 54.6 Å². The molecule has 0 aliphatic carbocycles. The Morgan fingerprint density at radius 2 is 1.34 bits per heavy atom. The standard InChI is InChI=1S/C38H46N2O6Si/c1-25(2)47(26(3)4,27(5)6)46-21-20-28-16-18-30(19-17-28)34(23-39-35(41)32-14-10-11-15-33(32)36(39)42)37(43)40-31(24-45-38(40)44)22-29-12-8-7-9-13-29/h7-19,25-27,31,34H,20-24H2,1-6H3/t31-,34+/m1/s1. The Kier molecular flexibility index (Phi) is 10.5. The van der Waals surface area contributed by atoms with Crippen molar-refractivity contribution in [1.29, 1.82) is 0 Å². The highest BCUT2D eigenvalue weighted by atomic mass is 28.4. The Labute approximate surface area is 279 Å². The first-order valence-corrected chi connectivity index (χ1v) is 18.8. The van der Waals surface area contributed by atoms with Gasteiger partial charge in [-0.2, -0.15) is 0 Å². The number of carbonyl (C=O) groups excluding carboxylic acids is 4. The third-order valence-corrected chi connectivity index (χ3v) is 16.0. The Morgan fingerprint density at radius 3 is 1.89 bits per heavy atom. The largest absolute Gasteiger partial charge is 0.447 e. The number of amides is 4. The number of fused-ring (bicyclic) bond motifs is 1. The molecule has 0 aromatic heterocycles.